The minimum absolute atomic E-state index is 0.822. The van der Waals surface area contributed by atoms with Crippen molar-refractivity contribution in [2.45, 2.75) is 40.2 Å². The van der Waals surface area contributed by atoms with Gasteiger partial charge in [-0.05, 0) is 20.3 Å². The van der Waals surface area contributed by atoms with E-state index >= 15 is 0 Å². The molecule has 0 saturated heterocycles. The maximum absolute atomic E-state index is 4.74. The van der Waals surface area contributed by atoms with Crippen LogP contribution in [-0.2, 0) is 13.0 Å². The minimum Gasteiger partial charge on any atom is -0.373 e. The van der Waals surface area contributed by atoms with Crippen molar-refractivity contribution in [3.8, 4) is 0 Å². The number of nitrogens with one attached hydrogen (secondary N) is 1. The Morgan fingerprint density at radius 2 is 2.05 bits per heavy atom. The van der Waals surface area contributed by atoms with Crippen LogP contribution in [0.4, 0.5) is 11.6 Å². The van der Waals surface area contributed by atoms with E-state index in [0.29, 0.717) is 0 Å². The molecule has 0 aromatic carbocycles. The van der Waals surface area contributed by atoms with E-state index in [1.54, 1.807) is 11.3 Å². The molecule has 0 radical (unpaired) electrons. The summed E-state index contributed by atoms with van der Waals surface area (Å²) in [6.07, 6.45) is 1.94. The lowest BCUT2D eigenvalue weighted by atomic mass is 10.2. The third-order valence-corrected chi connectivity index (χ3v) is 4.38. The van der Waals surface area contributed by atoms with Crippen LogP contribution in [0.3, 0.4) is 0 Å². The maximum Gasteiger partial charge on any atom is 0.137 e. The van der Waals surface area contributed by atoms with Crippen LogP contribution in [0, 0.1) is 13.8 Å². The number of thiazole rings is 1. The second-order valence-corrected chi connectivity index (χ2v) is 6.09. The Morgan fingerprint density at radius 1 is 1.29 bits per heavy atom. The van der Waals surface area contributed by atoms with Crippen LogP contribution in [-0.4, -0.2) is 29.0 Å². The first-order valence-corrected chi connectivity index (χ1v) is 8.10. The van der Waals surface area contributed by atoms with Crippen LogP contribution in [0.5, 0.6) is 0 Å². The number of aromatic nitrogens is 3. The fourth-order valence-corrected chi connectivity index (χ4v) is 3.10. The summed E-state index contributed by atoms with van der Waals surface area (Å²) in [5, 5.41) is 3.17. The summed E-state index contributed by atoms with van der Waals surface area (Å²) in [5.74, 6) is 2.80. The van der Waals surface area contributed by atoms with Gasteiger partial charge in [0.05, 0.1) is 17.7 Å². The molecule has 1 N–H and O–H groups in total. The largest absolute Gasteiger partial charge is 0.373 e. The molecule has 2 aromatic rings. The maximum atomic E-state index is 4.74. The molecule has 2 heterocycles. The Hall–Kier alpha value is -1.69. The monoisotopic (exact) mass is 305 g/mol. The number of aryl methyl sites for hydroxylation is 2. The van der Waals surface area contributed by atoms with Crippen molar-refractivity contribution >= 4 is 23.0 Å². The molecule has 0 atom stereocenters. The van der Waals surface area contributed by atoms with Crippen molar-refractivity contribution in [3.05, 3.63) is 27.5 Å². The van der Waals surface area contributed by atoms with Crippen LogP contribution < -0.4 is 10.2 Å². The SMILES string of the molecule is CCCc1nc(NC)c(C)c(N(C)Cc2scnc2C)n1. The predicted molar refractivity (Wildman–Crippen MR) is 89.3 cm³/mol. The van der Waals surface area contributed by atoms with E-state index in [9.17, 15) is 0 Å². The summed E-state index contributed by atoms with van der Waals surface area (Å²) in [5.41, 5.74) is 4.08. The summed E-state index contributed by atoms with van der Waals surface area (Å²) >= 11 is 1.69. The highest BCUT2D eigenvalue weighted by Crippen LogP contribution is 2.25. The Balaban J connectivity index is 2.32. The molecule has 0 aliphatic carbocycles. The lowest BCUT2D eigenvalue weighted by Crippen LogP contribution is -2.20. The summed E-state index contributed by atoms with van der Waals surface area (Å²) < 4.78 is 0. The molecule has 0 fully saturated rings. The van der Waals surface area contributed by atoms with E-state index in [-0.39, 0.29) is 0 Å². The van der Waals surface area contributed by atoms with Gasteiger partial charge in [-0.15, -0.1) is 11.3 Å². The topological polar surface area (TPSA) is 53.9 Å². The molecule has 5 nitrogen and oxygen atoms in total. The second kappa shape index (κ2) is 6.85. The van der Waals surface area contributed by atoms with Crippen LogP contribution in [0.15, 0.2) is 5.51 Å². The van der Waals surface area contributed by atoms with Gasteiger partial charge in [0.2, 0.25) is 0 Å². The van der Waals surface area contributed by atoms with Crippen LogP contribution in [0.2, 0.25) is 0 Å². The number of nitrogens with zero attached hydrogens (tertiary/aromatic N) is 4. The molecule has 0 saturated carbocycles. The second-order valence-electron chi connectivity index (χ2n) is 5.15. The Bertz CT molecular complexity index is 608. The molecular weight excluding hydrogens is 282 g/mol. The number of hydrogen-bond acceptors (Lipinski definition) is 6. The van der Waals surface area contributed by atoms with E-state index in [4.69, 9.17) is 4.98 Å². The Kier molecular flexibility index (Phi) is 5.12. The molecule has 21 heavy (non-hydrogen) atoms. The Labute approximate surface area is 130 Å². The van der Waals surface area contributed by atoms with Crippen molar-refractivity contribution in [2.24, 2.45) is 0 Å². The third kappa shape index (κ3) is 3.50. The molecule has 2 aromatic heterocycles. The van der Waals surface area contributed by atoms with Gasteiger partial charge in [-0.1, -0.05) is 6.92 Å². The van der Waals surface area contributed by atoms with Crippen molar-refractivity contribution in [3.63, 3.8) is 0 Å². The van der Waals surface area contributed by atoms with E-state index < -0.39 is 0 Å². The van der Waals surface area contributed by atoms with Crippen molar-refractivity contribution in [1.82, 2.24) is 15.0 Å². The standard InChI is InChI=1S/C15H23N5S/c1-6-7-13-18-14(16-4)10(2)15(19-13)20(5)8-12-11(3)17-9-21-12/h9H,6-8H2,1-5H3,(H,16,18,19). The van der Waals surface area contributed by atoms with E-state index in [1.807, 2.05) is 19.5 Å². The van der Waals surface area contributed by atoms with Gasteiger partial charge in [0.15, 0.2) is 0 Å². The van der Waals surface area contributed by atoms with Crippen LogP contribution in [0.25, 0.3) is 0 Å². The van der Waals surface area contributed by atoms with Gasteiger partial charge in [-0.3, -0.25) is 0 Å². The van der Waals surface area contributed by atoms with Gasteiger partial charge in [0.1, 0.15) is 17.5 Å². The average molecular weight is 305 g/mol. The molecule has 6 heteroatoms. The summed E-state index contributed by atoms with van der Waals surface area (Å²) in [4.78, 5) is 17.1. The minimum atomic E-state index is 0.822. The van der Waals surface area contributed by atoms with Gasteiger partial charge in [-0.25, -0.2) is 15.0 Å². The molecule has 0 aliphatic rings. The first-order chi connectivity index (χ1) is 10.1. The number of hydrogen-bond donors (Lipinski definition) is 1. The van der Waals surface area contributed by atoms with E-state index in [2.05, 4.69) is 41.1 Å². The molecule has 0 spiro atoms. The van der Waals surface area contributed by atoms with Crippen molar-refractivity contribution < 1.29 is 0 Å². The zero-order chi connectivity index (χ0) is 15.4. The average Bonchev–Trinajstić information content (AvgIpc) is 2.86. The zero-order valence-corrected chi connectivity index (χ0v) is 14.2. The molecule has 0 bridgehead atoms. The van der Waals surface area contributed by atoms with Gasteiger partial charge in [0, 0.05) is 31.0 Å². The summed E-state index contributed by atoms with van der Waals surface area (Å²) in [6.45, 7) is 7.08. The highest BCUT2D eigenvalue weighted by Gasteiger charge is 2.15. The molecule has 0 unspecified atom stereocenters. The Morgan fingerprint density at radius 3 is 2.62 bits per heavy atom. The predicted octanol–water partition coefficient (Wildman–Crippen LogP) is 3.18. The molecule has 0 amide bonds. The van der Waals surface area contributed by atoms with Gasteiger partial charge < -0.3 is 10.2 Å². The highest BCUT2D eigenvalue weighted by molar-refractivity contribution is 7.09. The normalized spacial score (nSPS) is 10.7. The molecular formula is C15H23N5S. The number of rotatable bonds is 6. The quantitative estimate of drug-likeness (QED) is 0.888. The zero-order valence-electron chi connectivity index (χ0n) is 13.4. The lowest BCUT2D eigenvalue weighted by molar-refractivity contribution is 0.809. The third-order valence-electron chi connectivity index (χ3n) is 3.46. The fraction of sp³-hybridized carbons (Fsp3) is 0.533. The van der Waals surface area contributed by atoms with Crippen LogP contribution in [0.1, 0.15) is 35.3 Å². The van der Waals surface area contributed by atoms with E-state index in [0.717, 1.165) is 48.1 Å². The van der Waals surface area contributed by atoms with Gasteiger partial charge in [-0.2, -0.15) is 0 Å². The molecule has 2 rings (SSSR count). The van der Waals surface area contributed by atoms with Crippen LogP contribution >= 0.6 is 11.3 Å². The first kappa shape index (κ1) is 15.7. The molecule has 114 valence electrons. The summed E-state index contributed by atoms with van der Waals surface area (Å²) in [7, 11) is 3.98. The molecule has 0 aliphatic heterocycles. The van der Waals surface area contributed by atoms with Crippen molar-refractivity contribution in [1.29, 1.82) is 0 Å². The number of anilines is 2. The summed E-state index contributed by atoms with van der Waals surface area (Å²) in [6, 6.07) is 0. The van der Waals surface area contributed by atoms with Crippen molar-refractivity contribution in [2.75, 3.05) is 24.3 Å². The van der Waals surface area contributed by atoms with Gasteiger partial charge >= 0.3 is 0 Å². The van der Waals surface area contributed by atoms with Gasteiger partial charge in [0.25, 0.3) is 0 Å². The lowest BCUT2D eigenvalue weighted by Gasteiger charge is -2.22. The highest BCUT2D eigenvalue weighted by atomic mass is 32.1. The van der Waals surface area contributed by atoms with E-state index in [1.165, 1.54) is 4.88 Å². The fourth-order valence-electron chi connectivity index (χ4n) is 2.27. The smallest absolute Gasteiger partial charge is 0.137 e. The first-order valence-electron chi connectivity index (χ1n) is 7.22.